The summed E-state index contributed by atoms with van der Waals surface area (Å²) < 4.78 is 1.70. The molecule has 0 fully saturated rings. The zero-order valence-electron chi connectivity index (χ0n) is 10.9. The number of halogens is 3. The fraction of sp³-hybridized carbons (Fsp3) is 0.0714. The monoisotopic (exact) mass is 338 g/mol. The second-order valence-electron chi connectivity index (χ2n) is 4.43. The Labute approximate surface area is 136 Å². The summed E-state index contributed by atoms with van der Waals surface area (Å²) in [5.74, 6) is 0.486. The van der Waals surface area contributed by atoms with Crippen LogP contribution in [0.25, 0.3) is 22.6 Å². The minimum atomic E-state index is 0.352. The summed E-state index contributed by atoms with van der Waals surface area (Å²) in [6.07, 6.45) is 3.58. The van der Waals surface area contributed by atoms with E-state index in [4.69, 9.17) is 34.8 Å². The van der Waals surface area contributed by atoms with Crippen molar-refractivity contribution in [2.75, 3.05) is 0 Å². The molecule has 106 valence electrons. The minimum absolute atomic E-state index is 0.352. The molecule has 0 spiro atoms. The summed E-state index contributed by atoms with van der Waals surface area (Å²) in [6, 6.07) is 6.91. The molecule has 7 heteroatoms. The van der Waals surface area contributed by atoms with Crippen LogP contribution in [0.1, 0.15) is 0 Å². The molecule has 0 atom stereocenters. The Bertz CT molecular complexity index is 814. The number of benzene rings is 1. The van der Waals surface area contributed by atoms with Gasteiger partial charge in [-0.3, -0.25) is 4.68 Å². The van der Waals surface area contributed by atoms with Crippen molar-refractivity contribution < 1.29 is 0 Å². The molecule has 0 amide bonds. The van der Waals surface area contributed by atoms with E-state index in [0.29, 0.717) is 26.7 Å². The molecular weight excluding hydrogens is 331 g/mol. The molecule has 0 radical (unpaired) electrons. The summed E-state index contributed by atoms with van der Waals surface area (Å²) in [7, 11) is 1.84. The van der Waals surface area contributed by atoms with Gasteiger partial charge >= 0.3 is 0 Å². The highest BCUT2D eigenvalue weighted by molar-refractivity contribution is 6.42. The predicted molar refractivity (Wildman–Crippen MR) is 84.7 cm³/mol. The van der Waals surface area contributed by atoms with Gasteiger partial charge < -0.3 is 0 Å². The molecule has 0 saturated carbocycles. The largest absolute Gasteiger partial charge is 0.275 e. The van der Waals surface area contributed by atoms with Gasteiger partial charge in [0.1, 0.15) is 5.15 Å². The van der Waals surface area contributed by atoms with Gasteiger partial charge in [0, 0.05) is 30.4 Å². The van der Waals surface area contributed by atoms with Crippen LogP contribution < -0.4 is 0 Å². The normalized spacial score (nSPS) is 10.9. The standard InChI is InChI=1S/C14H9Cl3N4/c1-21-7-9(6-18-21)12-5-13(17)20-14(19-12)8-2-3-10(15)11(16)4-8/h2-7H,1H3. The first-order valence-electron chi connectivity index (χ1n) is 6.02. The van der Waals surface area contributed by atoms with E-state index < -0.39 is 0 Å². The molecule has 0 aliphatic carbocycles. The zero-order chi connectivity index (χ0) is 15.0. The average Bonchev–Trinajstić information content (AvgIpc) is 2.88. The van der Waals surface area contributed by atoms with Crippen molar-refractivity contribution in [1.82, 2.24) is 19.7 Å². The van der Waals surface area contributed by atoms with Crippen LogP contribution in [0.15, 0.2) is 36.7 Å². The maximum atomic E-state index is 6.09. The predicted octanol–water partition coefficient (Wildman–Crippen LogP) is 4.50. The van der Waals surface area contributed by atoms with E-state index >= 15 is 0 Å². The quantitative estimate of drug-likeness (QED) is 0.645. The summed E-state index contributed by atoms with van der Waals surface area (Å²) in [5.41, 5.74) is 2.31. The number of hydrogen-bond donors (Lipinski definition) is 0. The smallest absolute Gasteiger partial charge is 0.161 e. The molecule has 0 saturated heterocycles. The lowest BCUT2D eigenvalue weighted by atomic mass is 10.2. The highest BCUT2D eigenvalue weighted by Crippen LogP contribution is 2.29. The summed E-state index contributed by atoms with van der Waals surface area (Å²) in [6.45, 7) is 0. The van der Waals surface area contributed by atoms with Crippen molar-refractivity contribution in [2.45, 2.75) is 0 Å². The van der Waals surface area contributed by atoms with Gasteiger partial charge in [-0.2, -0.15) is 5.10 Å². The molecule has 0 aliphatic heterocycles. The minimum Gasteiger partial charge on any atom is -0.275 e. The van der Waals surface area contributed by atoms with Crippen LogP contribution in [0.5, 0.6) is 0 Å². The average molecular weight is 340 g/mol. The van der Waals surface area contributed by atoms with Crippen molar-refractivity contribution >= 4 is 34.8 Å². The second kappa shape index (κ2) is 5.64. The van der Waals surface area contributed by atoms with E-state index in [0.717, 1.165) is 11.1 Å². The summed E-state index contributed by atoms with van der Waals surface area (Å²) >= 11 is 18.0. The molecule has 21 heavy (non-hydrogen) atoms. The Morgan fingerprint density at radius 3 is 2.43 bits per heavy atom. The van der Waals surface area contributed by atoms with Crippen LogP contribution in [0.3, 0.4) is 0 Å². The van der Waals surface area contributed by atoms with Gasteiger partial charge in [-0.15, -0.1) is 0 Å². The fourth-order valence-corrected chi connectivity index (χ4v) is 2.36. The van der Waals surface area contributed by atoms with E-state index in [9.17, 15) is 0 Å². The molecule has 3 aromatic rings. The lowest BCUT2D eigenvalue weighted by molar-refractivity contribution is 0.768. The van der Waals surface area contributed by atoms with E-state index in [2.05, 4.69) is 15.1 Å². The van der Waals surface area contributed by atoms with E-state index in [1.54, 1.807) is 35.1 Å². The lowest BCUT2D eigenvalue weighted by Crippen LogP contribution is -1.93. The first kappa shape index (κ1) is 14.3. The van der Waals surface area contributed by atoms with Gasteiger partial charge in [0.15, 0.2) is 5.82 Å². The van der Waals surface area contributed by atoms with Gasteiger partial charge in [0.25, 0.3) is 0 Å². The maximum Gasteiger partial charge on any atom is 0.161 e. The topological polar surface area (TPSA) is 43.6 Å². The Morgan fingerprint density at radius 1 is 0.952 bits per heavy atom. The van der Waals surface area contributed by atoms with Crippen LogP contribution in [0.2, 0.25) is 15.2 Å². The summed E-state index contributed by atoms with van der Waals surface area (Å²) in [4.78, 5) is 8.74. The van der Waals surface area contributed by atoms with Crippen molar-refractivity contribution in [1.29, 1.82) is 0 Å². The number of hydrogen-bond acceptors (Lipinski definition) is 3. The molecule has 2 aromatic heterocycles. The third-order valence-electron chi connectivity index (χ3n) is 2.87. The molecule has 0 N–H and O–H groups in total. The lowest BCUT2D eigenvalue weighted by Gasteiger charge is -2.05. The van der Waals surface area contributed by atoms with Gasteiger partial charge in [0.05, 0.1) is 21.9 Å². The fourth-order valence-electron chi connectivity index (χ4n) is 1.88. The Hall–Kier alpha value is -1.62. The number of aryl methyl sites for hydroxylation is 1. The SMILES string of the molecule is Cn1cc(-c2cc(Cl)nc(-c3ccc(Cl)c(Cl)c3)n2)cn1. The van der Waals surface area contributed by atoms with Gasteiger partial charge in [-0.1, -0.05) is 34.8 Å². The van der Waals surface area contributed by atoms with Crippen LogP contribution in [-0.4, -0.2) is 19.7 Å². The van der Waals surface area contributed by atoms with Gasteiger partial charge in [0.2, 0.25) is 0 Å². The number of rotatable bonds is 2. The molecule has 3 rings (SSSR count). The van der Waals surface area contributed by atoms with Crippen LogP contribution in [-0.2, 0) is 7.05 Å². The second-order valence-corrected chi connectivity index (χ2v) is 5.63. The molecule has 1 aromatic carbocycles. The molecular formula is C14H9Cl3N4. The molecule has 4 nitrogen and oxygen atoms in total. The molecule has 0 bridgehead atoms. The Morgan fingerprint density at radius 2 is 1.76 bits per heavy atom. The van der Waals surface area contributed by atoms with Crippen molar-refractivity contribution in [3.05, 3.63) is 51.9 Å². The van der Waals surface area contributed by atoms with Crippen LogP contribution in [0, 0.1) is 0 Å². The van der Waals surface area contributed by atoms with Crippen molar-refractivity contribution in [2.24, 2.45) is 7.05 Å². The molecule has 0 unspecified atom stereocenters. The van der Waals surface area contributed by atoms with E-state index in [1.807, 2.05) is 13.2 Å². The molecule has 2 heterocycles. The van der Waals surface area contributed by atoms with Crippen LogP contribution >= 0.6 is 34.8 Å². The molecule has 0 aliphatic rings. The maximum absolute atomic E-state index is 6.09. The van der Waals surface area contributed by atoms with E-state index in [1.165, 1.54) is 0 Å². The zero-order valence-corrected chi connectivity index (χ0v) is 13.2. The number of aromatic nitrogens is 4. The Balaban J connectivity index is 2.11. The van der Waals surface area contributed by atoms with Crippen LogP contribution in [0.4, 0.5) is 0 Å². The van der Waals surface area contributed by atoms with Gasteiger partial charge in [-0.25, -0.2) is 9.97 Å². The van der Waals surface area contributed by atoms with Crippen molar-refractivity contribution in [3.63, 3.8) is 0 Å². The first-order chi connectivity index (χ1) is 10.0. The third-order valence-corrected chi connectivity index (χ3v) is 3.81. The highest BCUT2D eigenvalue weighted by atomic mass is 35.5. The van der Waals surface area contributed by atoms with Gasteiger partial charge in [-0.05, 0) is 18.2 Å². The number of nitrogens with zero attached hydrogens (tertiary/aromatic N) is 4. The Kier molecular flexibility index (Phi) is 3.85. The summed E-state index contributed by atoms with van der Waals surface area (Å²) in [5, 5.41) is 5.40. The highest BCUT2D eigenvalue weighted by Gasteiger charge is 2.10. The van der Waals surface area contributed by atoms with Crippen molar-refractivity contribution in [3.8, 4) is 22.6 Å². The third kappa shape index (κ3) is 3.02. The van der Waals surface area contributed by atoms with E-state index in [-0.39, 0.29) is 0 Å². The first-order valence-corrected chi connectivity index (χ1v) is 7.15.